The maximum atomic E-state index is 3.60. The van der Waals surface area contributed by atoms with E-state index in [0.717, 1.165) is 12.8 Å². The summed E-state index contributed by atoms with van der Waals surface area (Å²) in [7, 11) is 0. The Labute approximate surface area is 107 Å². The van der Waals surface area contributed by atoms with E-state index in [1.165, 1.54) is 12.8 Å². The molecule has 0 saturated carbocycles. The number of hydrogen-bond donors (Lipinski definition) is 0. The van der Waals surface area contributed by atoms with Crippen molar-refractivity contribution in [1.29, 1.82) is 0 Å². The van der Waals surface area contributed by atoms with Gasteiger partial charge in [-0.05, 0) is 0 Å². The molecule has 0 aliphatic rings. The monoisotopic (exact) mass is 262 g/mol. The van der Waals surface area contributed by atoms with E-state index in [9.17, 15) is 0 Å². The minimum Gasteiger partial charge on any atom is -0.346 e. The quantitative estimate of drug-likeness (QED) is 0.620. The van der Waals surface area contributed by atoms with Gasteiger partial charge in [0.05, 0.1) is 0 Å². The van der Waals surface area contributed by atoms with Gasteiger partial charge in [-0.15, -0.1) is 0 Å². The molecule has 0 aromatic heterocycles. The third kappa shape index (κ3) is 184. The molecule has 0 bridgehead atoms. The molecule has 0 amide bonds. The molecule has 0 heterocycles. The fraction of sp³-hybridized carbons (Fsp3) is 0.667. The van der Waals surface area contributed by atoms with Crippen molar-refractivity contribution < 1.29 is 26.2 Å². The molecule has 0 atom stereocenters. The van der Waals surface area contributed by atoms with Crippen molar-refractivity contribution >= 4 is 0 Å². The second kappa shape index (κ2) is 76.3. The summed E-state index contributed by atoms with van der Waals surface area (Å²) in [6.07, 6.45) is 4.56. The summed E-state index contributed by atoms with van der Waals surface area (Å²) in [5.74, 6) is 0. The smallest absolute Gasteiger partial charge is 0.346 e. The summed E-state index contributed by atoms with van der Waals surface area (Å²) in [5, 5.41) is 0. The summed E-state index contributed by atoms with van der Waals surface area (Å²) >= 11 is 0. The van der Waals surface area contributed by atoms with Gasteiger partial charge in [0.1, 0.15) is 0 Å². The first kappa shape index (κ1) is 29.2. The van der Waals surface area contributed by atoms with E-state index in [2.05, 4.69) is 41.5 Å². The normalized spacial score (nSPS) is 5.54. The Morgan fingerprint density at radius 1 is 0.692 bits per heavy atom. The van der Waals surface area contributed by atoms with Crippen molar-refractivity contribution in [3.63, 3.8) is 0 Å². The average molecular weight is 264 g/mol. The van der Waals surface area contributed by atoms with E-state index in [0.29, 0.717) is 0 Å². The van der Waals surface area contributed by atoms with Crippen molar-refractivity contribution in [2.24, 2.45) is 0 Å². The van der Waals surface area contributed by atoms with E-state index in [4.69, 9.17) is 0 Å². The SMILES string of the molecule is [CH2-]C.[CH2-]C.[CH2-]CCC.[CH2-]CCC.[Zr+4]. The molecular weight excluding hydrogens is 235 g/mol. The van der Waals surface area contributed by atoms with Gasteiger partial charge in [0, 0.05) is 0 Å². The van der Waals surface area contributed by atoms with Gasteiger partial charge >= 0.3 is 26.2 Å². The second-order valence-corrected chi connectivity index (χ2v) is 1.71. The maximum Gasteiger partial charge on any atom is 4.00 e. The second-order valence-electron chi connectivity index (χ2n) is 1.71. The van der Waals surface area contributed by atoms with Gasteiger partial charge in [-0.25, -0.2) is 0 Å². The summed E-state index contributed by atoms with van der Waals surface area (Å²) in [5.41, 5.74) is 0. The van der Waals surface area contributed by atoms with Crippen LogP contribution in [0, 0.1) is 27.7 Å². The molecule has 0 aromatic rings. The molecule has 0 fully saturated rings. The molecule has 0 N–H and O–H groups in total. The topological polar surface area (TPSA) is 0 Å². The Bertz CT molecular complexity index is 13.1. The molecule has 0 aromatic carbocycles. The van der Waals surface area contributed by atoms with Crippen LogP contribution in [0.3, 0.4) is 0 Å². The van der Waals surface area contributed by atoms with Crippen LogP contribution in [0.1, 0.15) is 53.4 Å². The molecular formula is C12H28Zr. The van der Waals surface area contributed by atoms with E-state index in [1.807, 2.05) is 0 Å². The van der Waals surface area contributed by atoms with Crippen molar-refractivity contribution in [2.45, 2.75) is 53.4 Å². The fourth-order valence-electron chi connectivity index (χ4n) is 0. The van der Waals surface area contributed by atoms with Crippen LogP contribution < -0.4 is 0 Å². The van der Waals surface area contributed by atoms with Crippen molar-refractivity contribution in [1.82, 2.24) is 0 Å². The summed E-state index contributed by atoms with van der Waals surface area (Å²) in [4.78, 5) is 0. The molecule has 1 heteroatoms. The summed E-state index contributed by atoms with van der Waals surface area (Å²) in [6, 6.07) is 0. The van der Waals surface area contributed by atoms with Crippen LogP contribution in [0.4, 0.5) is 0 Å². The zero-order valence-electron chi connectivity index (χ0n) is 10.2. The molecule has 13 heavy (non-hydrogen) atoms. The first-order valence-electron chi connectivity index (χ1n) is 4.83. The van der Waals surface area contributed by atoms with E-state index >= 15 is 0 Å². The van der Waals surface area contributed by atoms with E-state index < -0.39 is 0 Å². The molecule has 0 rings (SSSR count). The molecule has 0 radical (unpaired) electrons. The van der Waals surface area contributed by atoms with Gasteiger partial charge in [-0.2, -0.15) is 26.7 Å². The van der Waals surface area contributed by atoms with Crippen LogP contribution in [0.2, 0.25) is 0 Å². The Hall–Kier alpha value is 0.883. The molecule has 0 unspecified atom stereocenters. The van der Waals surface area contributed by atoms with E-state index in [-0.39, 0.29) is 26.2 Å². The van der Waals surface area contributed by atoms with Crippen LogP contribution in [-0.4, -0.2) is 0 Å². The van der Waals surface area contributed by atoms with Crippen LogP contribution in [0.25, 0.3) is 0 Å². The zero-order valence-corrected chi connectivity index (χ0v) is 12.6. The van der Waals surface area contributed by atoms with Crippen molar-refractivity contribution in [2.75, 3.05) is 0 Å². The predicted octanol–water partition coefficient (Wildman–Crippen LogP) is 4.92. The Morgan fingerprint density at radius 3 is 0.769 bits per heavy atom. The minimum atomic E-state index is 0. The molecule has 0 spiro atoms. The third-order valence-electron chi connectivity index (χ3n) is 0.707. The predicted molar refractivity (Wildman–Crippen MR) is 62.6 cm³/mol. The molecule has 0 saturated heterocycles. The van der Waals surface area contributed by atoms with Gasteiger partial charge in [-0.3, -0.25) is 0 Å². The molecule has 80 valence electrons. The molecule has 0 aliphatic carbocycles. The van der Waals surface area contributed by atoms with Crippen molar-refractivity contribution in [3.8, 4) is 0 Å². The van der Waals surface area contributed by atoms with Gasteiger partial charge < -0.3 is 27.7 Å². The van der Waals surface area contributed by atoms with Crippen LogP contribution in [0.15, 0.2) is 0 Å². The standard InChI is InChI=1S/2C4H9.2C2H5.Zr/c2*1-3-4-2;2*1-2;/h2*1,3-4H2,2H3;2*1H2,2H3;/q4*-1;+4. The Morgan fingerprint density at radius 2 is 0.769 bits per heavy atom. The van der Waals surface area contributed by atoms with Gasteiger partial charge in [-0.1, -0.05) is 26.7 Å². The molecule has 0 aliphatic heterocycles. The van der Waals surface area contributed by atoms with Gasteiger partial charge in [0.25, 0.3) is 0 Å². The largest absolute Gasteiger partial charge is 4.00 e. The first-order chi connectivity index (χ1) is 5.83. The Kier molecular flexibility index (Phi) is 171. The van der Waals surface area contributed by atoms with Crippen molar-refractivity contribution in [3.05, 3.63) is 27.7 Å². The Balaban J connectivity index is -0.0000000226. The summed E-state index contributed by atoms with van der Waals surface area (Å²) in [6.45, 7) is 21.4. The number of unbranched alkanes of at least 4 members (excludes halogenated alkanes) is 2. The number of rotatable bonds is 2. The minimum absolute atomic E-state index is 0. The van der Waals surface area contributed by atoms with Crippen LogP contribution in [-0.2, 0) is 26.2 Å². The molecule has 0 nitrogen and oxygen atoms in total. The zero-order chi connectivity index (χ0) is 10.8. The maximum absolute atomic E-state index is 3.60. The third-order valence-corrected chi connectivity index (χ3v) is 0.707. The average Bonchev–Trinajstić information content (AvgIpc) is 2.23. The van der Waals surface area contributed by atoms with Gasteiger partial charge in [0.15, 0.2) is 0 Å². The van der Waals surface area contributed by atoms with Crippen LogP contribution in [0.5, 0.6) is 0 Å². The van der Waals surface area contributed by atoms with E-state index in [1.54, 1.807) is 13.8 Å². The fourth-order valence-corrected chi connectivity index (χ4v) is 0. The number of hydrogen-bond acceptors (Lipinski definition) is 0. The first-order valence-corrected chi connectivity index (χ1v) is 4.83. The van der Waals surface area contributed by atoms with Crippen LogP contribution >= 0.6 is 0 Å². The van der Waals surface area contributed by atoms with Gasteiger partial charge in [0.2, 0.25) is 0 Å². The summed E-state index contributed by atoms with van der Waals surface area (Å²) < 4.78 is 0.